The van der Waals surface area contributed by atoms with Crippen molar-refractivity contribution >= 4 is 35.8 Å². The van der Waals surface area contributed by atoms with Gasteiger partial charge in [0.25, 0.3) is 0 Å². The van der Waals surface area contributed by atoms with Crippen molar-refractivity contribution in [2.45, 2.75) is 71.5 Å². The molecule has 0 aromatic carbocycles. The fraction of sp³-hybridized carbons (Fsp3) is 0.588. The van der Waals surface area contributed by atoms with Crippen LogP contribution in [0.5, 0.6) is 0 Å². The number of hydrogen-bond donors (Lipinski definition) is 0. The van der Waals surface area contributed by atoms with Crippen LogP contribution in [0.25, 0.3) is 0 Å². The average molecular weight is 683 g/mol. The number of esters is 6. The summed E-state index contributed by atoms with van der Waals surface area (Å²) in [7, 11) is 0. The quantitative estimate of drug-likeness (QED) is 0.0507. The van der Waals surface area contributed by atoms with Gasteiger partial charge in [-0.15, -0.1) is 0 Å². The lowest BCUT2D eigenvalue weighted by Gasteiger charge is -2.25. The van der Waals surface area contributed by atoms with Crippen molar-refractivity contribution in [2.24, 2.45) is 5.41 Å². The highest BCUT2D eigenvalue weighted by Crippen LogP contribution is 2.27. The summed E-state index contributed by atoms with van der Waals surface area (Å²) in [6.07, 6.45) is 3.57. The van der Waals surface area contributed by atoms with Gasteiger partial charge in [0, 0.05) is 43.4 Å². The van der Waals surface area contributed by atoms with E-state index in [1.807, 2.05) is 0 Å². The number of hydrogen-bond acceptors (Lipinski definition) is 14. The summed E-state index contributed by atoms with van der Waals surface area (Å²) in [4.78, 5) is 71.3. The molecule has 0 amide bonds. The van der Waals surface area contributed by atoms with Crippen molar-refractivity contribution in [1.82, 2.24) is 0 Å². The second-order valence-electron chi connectivity index (χ2n) is 10.9. The first kappa shape index (κ1) is 43.7. The van der Waals surface area contributed by atoms with E-state index in [0.29, 0.717) is 38.7 Å². The van der Waals surface area contributed by atoms with Gasteiger partial charge in [-0.3, -0.25) is 9.59 Å². The van der Waals surface area contributed by atoms with Crippen molar-refractivity contribution in [2.75, 3.05) is 52.9 Å². The highest BCUT2D eigenvalue weighted by molar-refractivity contribution is 5.89. The molecule has 0 aliphatic heterocycles. The number of rotatable bonds is 28. The zero-order valence-corrected chi connectivity index (χ0v) is 28.3. The van der Waals surface area contributed by atoms with Gasteiger partial charge in [0.2, 0.25) is 0 Å². The largest absolute Gasteiger partial charge is 0.466 e. The molecule has 0 heterocycles. The second-order valence-corrected chi connectivity index (χ2v) is 10.9. The molecule has 0 bridgehead atoms. The van der Waals surface area contributed by atoms with E-state index in [4.69, 9.17) is 37.9 Å². The van der Waals surface area contributed by atoms with Crippen LogP contribution in [0.2, 0.25) is 0 Å². The Balaban J connectivity index is 4.82. The molecule has 0 aliphatic carbocycles. The van der Waals surface area contributed by atoms with Crippen molar-refractivity contribution in [1.29, 1.82) is 0 Å². The Labute approximate surface area is 282 Å². The number of carbonyl (C=O) groups is 6. The molecule has 14 nitrogen and oxygen atoms in total. The topological polar surface area (TPSA) is 176 Å². The molecule has 0 aliphatic rings. The molecule has 0 spiro atoms. The van der Waals surface area contributed by atoms with Gasteiger partial charge in [-0.25, -0.2) is 19.2 Å². The predicted octanol–water partition coefficient (Wildman–Crippen LogP) is 3.52. The number of ether oxygens (including phenoxy) is 8. The monoisotopic (exact) mass is 682 g/mol. The Kier molecular flexibility index (Phi) is 23.4. The molecule has 270 valence electrons. The Morgan fingerprint density at radius 2 is 1.08 bits per heavy atom. The van der Waals surface area contributed by atoms with E-state index in [-0.39, 0.29) is 64.2 Å². The minimum atomic E-state index is -1.22. The maximum Gasteiger partial charge on any atom is 0.333 e. The van der Waals surface area contributed by atoms with Gasteiger partial charge in [0.05, 0.1) is 31.8 Å². The van der Waals surface area contributed by atoms with Gasteiger partial charge >= 0.3 is 35.8 Å². The molecule has 0 radical (unpaired) electrons. The van der Waals surface area contributed by atoms with E-state index in [2.05, 4.69) is 26.3 Å². The maximum atomic E-state index is 12.9. The Bertz CT molecular complexity index is 1090. The zero-order valence-electron chi connectivity index (χ0n) is 28.3. The van der Waals surface area contributed by atoms with E-state index in [0.717, 1.165) is 18.2 Å². The van der Waals surface area contributed by atoms with Crippen LogP contribution in [0.4, 0.5) is 0 Å². The van der Waals surface area contributed by atoms with E-state index >= 15 is 0 Å². The Morgan fingerprint density at radius 3 is 1.56 bits per heavy atom. The summed E-state index contributed by atoms with van der Waals surface area (Å²) in [6, 6.07) is 0. The molecule has 0 fully saturated rings. The first-order valence-electron chi connectivity index (χ1n) is 15.6. The molecule has 0 saturated carbocycles. The van der Waals surface area contributed by atoms with Crippen LogP contribution in [0.3, 0.4) is 0 Å². The van der Waals surface area contributed by atoms with Crippen LogP contribution in [-0.2, 0) is 66.7 Å². The fourth-order valence-electron chi connectivity index (χ4n) is 3.53. The molecule has 0 aromatic rings. The molecule has 0 N–H and O–H groups in total. The Morgan fingerprint density at radius 1 is 0.625 bits per heavy atom. The smallest absolute Gasteiger partial charge is 0.333 e. The molecular weight excluding hydrogens is 632 g/mol. The summed E-state index contributed by atoms with van der Waals surface area (Å²) in [6.45, 7) is 18.8. The highest BCUT2D eigenvalue weighted by Gasteiger charge is 2.33. The molecule has 2 atom stereocenters. The van der Waals surface area contributed by atoms with Crippen LogP contribution in [0.1, 0.15) is 59.3 Å². The van der Waals surface area contributed by atoms with Gasteiger partial charge < -0.3 is 37.9 Å². The molecule has 0 aromatic heterocycles. The normalized spacial score (nSPS) is 12.0. The summed E-state index contributed by atoms with van der Waals surface area (Å²) in [5.41, 5.74) is -1.26. The summed E-state index contributed by atoms with van der Waals surface area (Å²) < 4.78 is 42.0. The summed E-state index contributed by atoms with van der Waals surface area (Å²) in [5.74, 6) is -3.79. The fourth-order valence-corrected chi connectivity index (χ4v) is 3.53. The van der Waals surface area contributed by atoms with Gasteiger partial charge in [-0.2, -0.15) is 0 Å². The van der Waals surface area contributed by atoms with Crippen LogP contribution >= 0.6 is 0 Å². The lowest BCUT2D eigenvalue weighted by molar-refractivity contribution is -0.165. The van der Waals surface area contributed by atoms with E-state index in [9.17, 15) is 28.8 Å². The zero-order chi connectivity index (χ0) is 36.4. The molecule has 48 heavy (non-hydrogen) atoms. The molecular formula is C34H50O14. The van der Waals surface area contributed by atoms with Crippen LogP contribution in [-0.4, -0.2) is 101 Å². The maximum absolute atomic E-state index is 12.9. The van der Waals surface area contributed by atoms with E-state index in [1.165, 1.54) is 0 Å². The number of carbonyl (C=O) groups excluding carboxylic acids is 6. The molecule has 0 rings (SSSR count). The van der Waals surface area contributed by atoms with Gasteiger partial charge in [0.15, 0.2) is 12.2 Å². The van der Waals surface area contributed by atoms with Crippen molar-refractivity contribution in [3.05, 3.63) is 50.1 Å². The Hall–Kier alpha value is -4.30. The molecule has 14 heteroatoms. The van der Waals surface area contributed by atoms with Crippen LogP contribution < -0.4 is 0 Å². The first-order chi connectivity index (χ1) is 22.8. The third-order valence-electron chi connectivity index (χ3n) is 6.13. The highest BCUT2D eigenvalue weighted by atomic mass is 16.6. The minimum absolute atomic E-state index is 0.0386. The standard InChI is InChI=1S/C34H50O14/c1-8-28(35)43-18-14-12-16-41-21-26(47-30(37)10-3)23-45-32(39)25(5)20-34(6,7)33(40)46-24-27(48-31(38)11-4)22-42-17-13-15-19-44-29(36)9-2/h8,10-11,26-27H,1,3-5,9,12-24H2,2,6-7H3. The summed E-state index contributed by atoms with van der Waals surface area (Å²) >= 11 is 0. The number of unbranched alkanes of at least 4 members (excludes halogenated alkanes) is 2. The van der Waals surface area contributed by atoms with Crippen LogP contribution in [0, 0.1) is 5.41 Å². The third kappa shape index (κ3) is 21.5. The second kappa shape index (κ2) is 25.7. The SMILES string of the molecule is C=CC(=O)OCCCCOCC(COC(=O)C(=C)CC(C)(C)C(=O)OCC(COCCCCOC(=O)CC)OC(=O)C=C)OC(=O)C=C. The lowest BCUT2D eigenvalue weighted by atomic mass is 9.86. The predicted molar refractivity (Wildman–Crippen MR) is 172 cm³/mol. The average Bonchev–Trinajstić information content (AvgIpc) is 3.06. The van der Waals surface area contributed by atoms with Gasteiger partial charge in [-0.05, 0) is 46.0 Å². The molecule has 0 saturated heterocycles. The first-order valence-corrected chi connectivity index (χ1v) is 15.6. The van der Waals surface area contributed by atoms with Crippen molar-refractivity contribution in [3.63, 3.8) is 0 Å². The van der Waals surface area contributed by atoms with Crippen molar-refractivity contribution in [3.8, 4) is 0 Å². The summed E-state index contributed by atoms with van der Waals surface area (Å²) in [5, 5.41) is 0. The van der Waals surface area contributed by atoms with E-state index < -0.39 is 47.5 Å². The molecule has 2 unspecified atom stereocenters. The van der Waals surface area contributed by atoms with Gasteiger partial charge in [0.1, 0.15) is 13.2 Å². The van der Waals surface area contributed by atoms with E-state index in [1.54, 1.807) is 20.8 Å². The minimum Gasteiger partial charge on any atom is -0.466 e. The van der Waals surface area contributed by atoms with Gasteiger partial charge in [-0.1, -0.05) is 33.2 Å². The van der Waals surface area contributed by atoms with Crippen molar-refractivity contribution < 1.29 is 66.7 Å². The van der Waals surface area contributed by atoms with Crippen LogP contribution in [0.15, 0.2) is 50.1 Å². The lowest BCUT2D eigenvalue weighted by Crippen LogP contribution is -2.34. The third-order valence-corrected chi connectivity index (χ3v) is 6.13.